The zero-order chi connectivity index (χ0) is 35.0. The number of benzene rings is 1. The molecular weight excluding hydrogens is 667 g/mol. The molecule has 3 heterocycles. The second-order valence-electron chi connectivity index (χ2n) is 11.1. The van der Waals surface area contributed by atoms with Crippen LogP contribution in [0.1, 0.15) is 46.2 Å². The molecule has 3 fully saturated rings. The molecule has 48 heavy (non-hydrogen) atoms. The van der Waals surface area contributed by atoms with Gasteiger partial charge < -0.3 is 40.2 Å². The van der Waals surface area contributed by atoms with Gasteiger partial charge in [-0.15, -0.1) is 11.8 Å². The van der Waals surface area contributed by atoms with E-state index >= 15 is 0 Å². The summed E-state index contributed by atoms with van der Waals surface area (Å²) in [5.74, 6) is -8.29. The van der Waals surface area contributed by atoms with Crippen LogP contribution < -0.4 is 60.1 Å². The molecule has 252 valence electrons. The summed E-state index contributed by atoms with van der Waals surface area (Å²) >= 11 is 0.970. The van der Waals surface area contributed by atoms with Crippen molar-refractivity contribution in [1.29, 1.82) is 0 Å². The van der Waals surface area contributed by atoms with Crippen LogP contribution in [-0.2, 0) is 38.4 Å². The molecule has 3 N–H and O–H groups in total. The van der Waals surface area contributed by atoms with Gasteiger partial charge in [-0.25, -0.2) is 4.79 Å². The molecule has 1 aromatic rings. The Morgan fingerprint density at radius 2 is 1.67 bits per heavy atom. The Hall–Kier alpha value is -4.20. The van der Waals surface area contributed by atoms with E-state index in [2.05, 4.69) is 16.0 Å². The molecule has 0 bridgehead atoms. The fraction of sp³-hybridized carbons (Fsp3) is 0.464. The fourth-order valence-electron chi connectivity index (χ4n) is 5.55. The number of carboxylic acids is 1. The summed E-state index contributed by atoms with van der Waals surface area (Å²) in [6, 6.07) is -0.756. The molecule has 7 amide bonds. The number of carbonyl (C=O) groups excluding carboxylic acids is 9. The van der Waals surface area contributed by atoms with Crippen LogP contribution in [0.15, 0.2) is 18.2 Å². The third-order valence-electron chi connectivity index (χ3n) is 7.81. The zero-order valence-corrected chi connectivity index (χ0v) is 29.6. The first-order valence-corrected chi connectivity index (χ1v) is 15.0. The van der Waals surface area contributed by atoms with Crippen molar-refractivity contribution in [2.24, 2.45) is 0 Å². The fourth-order valence-corrected chi connectivity index (χ4v) is 7.26. The number of amides is 7. The van der Waals surface area contributed by atoms with Gasteiger partial charge in [0.05, 0.1) is 10.7 Å². The summed E-state index contributed by atoms with van der Waals surface area (Å²) in [7, 11) is 0. The average Bonchev–Trinajstić information content (AvgIpc) is 3.20. The van der Waals surface area contributed by atoms with Gasteiger partial charge in [-0.05, 0) is 38.5 Å². The Morgan fingerprint density at radius 3 is 2.23 bits per heavy atom. The quantitative estimate of drug-likeness (QED) is 0.0516. The number of rotatable bonds is 10. The molecule has 18 nitrogen and oxygen atoms in total. The van der Waals surface area contributed by atoms with Gasteiger partial charge in [-0.2, -0.15) is 0 Å². The van der Waals surface area contributed by atoms with Gasteiger partial charge in [0.1, 0.15) is 17.5 Å². The van der Waals surface area contributed by atoms with Crippen molar-refractivity contribution >= 4 is 65.7 Å². The molecule has 0 aromatic heterocycles. The minimum atomic E-state index is -2.52. The number of ether oxygens (including phenoxy) is 2. The summed E-state index contributed by atoms with van der Waals surface area (Å²) in [5, 5.41) is 18.9. The summed E-state index contributed by atoms with van der Waals surface area (Å²) in [6.07, 6.45) is 0.281. The van der Waals surface area contributed by atoms with Gasteiger partial charge in [0, 0.05) is 33.5 Å². The number of esters is 2. The Bertz CT molecular complexity index is 1590. The topological polar surface area (TPSA) is 241 Å². The molecule has 0 radical (unpaired) electrons. The van der Waals surface area contributed by atoms with Crippen molar-refractivity contribution in [1.82, 2.24) is 30.7 Å². The number of hydrogen-bond acceptors (Lipinski definition) is 13. The van der Waals surface area contributed by atoms with Crippen LogP contribution in [0.25, 0.3) is 0 Å². The Kier molecular flexibility index (Phi) is 11.6. The first-order chi connectivity index (χ1) is 22.0. The Labute approximate surface area is 299 Å². The van der Waals surface area contributed by atoms with Crippen molar-refractivity contribution < 1.29 is 87.3 Å². The number of nitrogens with zero attached hydrogens (tertiary/aromatic N) is 3. The number of thioether (sulfide) groups is 1. The Morgan fingerprint density at radius 1 is 1.04 bits per heavy atom. The number of β-lactam (4-membered cyclic amide) rings is 1. The van der Waals surface area contributed by atoms with E-state index in [1.807, 2.05) is 0 Å². The van der Waals surface area contributed by atoms with E-state index in [1.54, 1.807) is 6.92 Å². The SMILES string of the molecule is CCN1CCN(C(=O)NC(C(=O)N[C@@]2(C(=O)[O-])N3C(=O)[C@@H](NC=O)[C@H]3SC2(C)C)c2ccc(OC(C)=O)c(OC(C)=O)c2)C(=O)C1=O.[Na+]. The third kappa shape index (κ3) is 6.71. The van der Waals surface area contributed by atoms with Crippen molar-refractivity contribution in [3.05, 3.63) is 23.8 Å². The van der Waals surface area contributed by atoms with Crippen LogP contribution in [-0.4, -0.2) is 110 Å². The van der Waals surface area contributed by atoms with Gasteiger partial charge in [-0.1, -0.05) is 6.07 Å². The number of likely N-dealkylation sites (N-methyl/N-ethyl adjacent to an activating group) is 1. The molecule has 3 aliphatic rings. The molecular formula is C28H31N6NaO12S. The van der Waals surface area contributed by atoms with Crippen molar-refractivity contribution in [3.8, 4) is 11.5 Å². The molecule has 0 aliphatic carbocycles. The van der Waals surface area contributed by atoms with Crippen molar-refractivity contribution in [3.63, 3.8) is 0 Å². The van der Waals surface area contributed by atoms with E-state index in [9.17, 15) is 48.3 Å². The second-order valence-corrected chi connectivity index (χ2v) is 12.8. The number of aliphatic carboxylic acids is 1. The molecule has 0 saturated carbocycles. The standard InChI is InChI=1S/C28H32N6O12S.Na/c1-6-32-9-10-33(23(41)22(32)40)26(44)30-18(15-7-8-16(45-13(2)36)17(11-15)46-14(3)37)20(38)31-28(25(42)43)27(4,5)47-24-19(29-12-35)21(39)34(24)28;/h7-8,11-12,18-19,24H,6,9-10H2,1-5H3,(H,29,35)(H,30,44)(H,31,38)(H,42,43);/q;+1/p-1/t18?,19-,24-,28+;/m1./s1. The molecule has 20 heteroatoms. The van der Waals surface area contributed by atoms with Crippen molar-refractivity contribution in [2.75, 3.05) is 19.6 Å². The van der Waals surface area contributed by atoms with E-state index in [0.29, 0.717) is 4.90 Å². The first kappa shape index (κ1) is 38.2. The van der Waals surface area contributed by atoms with Gasteiger partial charge >= 0.3 is 59.3 Å². The maximum atomic E-state index is 14.1. The molecule has 1 aromatic carbocycles. The molecule has 3 aliphatic heterocycles. The van der Waals surface area contributed by atoms with Crippen LogP contribution in [0.2, 0.25) is 0 Å². The number of urea groups is 1. The smallest absolute Gasteiger partial charge is 0.545 e. The van der Waals surface area contributed by atoms with E-state index in [-0.39, 0.29) is 72.7 Å². The van der Waals surface area contributed by atoms with Crippen LogP contribution in [0.3, 0.4) is 0 Å². The number of hydrogen-bond donors (Lipinski definition) is 3. The number of carbonyl (C=O) groups is 9. The van der Waals surface area contributed by atoms with E-state index in [4.69, 9.17) is 9.47 Å². The summed E-state index contributed by atoms with van der Waals surface area (Å²) < 4.78 is 8.72. The monoisotopic (exact) mass is 698 g/mol. The van der Waals surface area contributed by atoms with Crippen LogP contribution in [0.5, 0.6) is 11.5 Å². The average molecular weight is 699 g/mol. The number of carboxylic acid groups (broad SMARTS) is 1. The molecule has 4 rings (SSSR count). The first-order valence-electron chi connectivity index (χ1n) is 14.2. The summed E-state index contributed by atoms with van der Waals surface area (Å²) in [5.41, 5.74) is -2.67. The van der Waals surface area contributed by atoms with E-state index in [0.717, 1.165) is 42.6 Å². The minimum absolute atomic E-state index is 0. The van der Waals surface area contributed by atoms with Crippen LogP contribution in [0.4, 0.5) is 4.79 Å². The van der Waals surface area contributed by atoms with E-state index in [1.165, 1.54) is 24.8 Å². The summed E-state index contributed by atoms with van der Waals surface area (Å²) in [4.78, 5) is 116. The van der Waals surface area contributed by atoms with Crippen LogP contribution >= 0.6 is 11.8 Å². The van der Waals surface area contributed by atoms with Gasteiger partial charge in [0.2, 0.25) is 12.3 Å². The second kappa shape index (κ2) is 14.5. The molecule has 0 spiro atoms. The van der Waals surface area contributed by atoms with Crippen LogP contribution in [0, 0.1) is 0 Å². The van der Waals surface area contributed by atoms with Gasteiger partial charge in [0.15, 0.2) is 17.2 Å². The van der Waals surface area contributed by atoms with Gasteiger partial charge in [0.25, 0.3) is 5.91 Å². The molecule has 3 saturated heterocycles. The number of fused-ring (bicyclic) bond motifs is 1. The maximum absolute atomic E-state index is 14.1. The number of piperazine rings is 1. The Balaban J connectivity index is 0.00000625. The van der Waals surface area contributed by atoms with Crippen molar-refractivity contribution in [2.45, 2.75) is 62.5 Å². The number of nitrogens with one attached hydrogen (secondary N) is 3. The maximum Gasteiger partial charge on any atom is 1.00 e. The predicted octanol–water partition coefficient (Wildman–Crippen LogP) is -5.65. The summed E-state index contributed by atoms with van der Waals surface area (Å²) in [6.45, 7) is 6.60. The third-order valence-corrected chi connectivity index (χ3v) is 9.42. The number of imide groups is 1. The normalized spacial score (nSPS) is 23.1. The minimum Gasteiger partial charge on any atom is -0.545 e. The predicted molar refractivity (Wildman–Crippen MR) is 155 cm³/mol. The molecule has 1 unspecified atom stereocenters. The zero-order valence-electron chi connectivity index (χ0n) is 26.8. The molecule has 4 atom stereocenters. The van der Waals surface area contributed by atoms with Gasteiger partial charge in [-0.3, -0.25) is 43.4 Å². The van der Waals surface area contributed by atoms with E-state index < -0.39 is 75.4 Å². The largest absolute Gasteiger partial charge is 1.00 e.